The molecule has 3 heterocycles. The number of rotatable bonds is 2. The molecule has 2 aliphatic heterocycles. The van der Waals surface area contributed by atoms with Crippen molar-refractivity contribution in [2.45, 2.75) is 23.6 Å². The van der Waals surface area contributed by atoms with E-state index in [9.17, 15) is 0 Å². The Kier molecular flexibility index (Phi) is 3.83. The van der Waals surface area contributed by atoms with Gasteiger partial charge in [0.05, 0.1) is 5.25 Å². The first kappa shape index (κ1) is 12.8. The van der Waals surface area contributed by atoms with Crippen LogP contribution in [-0.4, -0.2) is 40.6 Å². The van der Waals surface area contributed by atoms with Crippen LogP contribution in [0.5, 0.6) is 0 Å². The van der Waals surface area contributed by atoms with Gasteiger partial charge in [-0.15, -0.1) is 11.8 Å². The van der Waals surface area contributed by atoms with Crippen molar-refractivity contribution in [3.05, 3.63) is 11.7 Å². The molecular weight excluding hydrogens is 270 g/mol. The third-order valence-electron chi connectivity index (χ3n) is 3.36. The quantitative estimate of drug-likeness (QED) is 0.884. The van der Waals surface area contributed by atoms with Gasteiger partial charge in [0.2, 0.25) is 5.89 Å². The molecule has 0 aromatic carbocycles. The molecule has 0 aliphatic carbocycles. The van der Waals surface area contributed by atoms with E-state index in [2.05, 4.69) is 10.1 Å². The number of nitrogens with zero attached hydrogens (tertiary/aromatic N) is 2. The SMILES string of the molecule is NC1(c2nc(C3CSCCS3)no2)CCOCC1. The van der Waals surface area contributed by atoms with Gasteiger partial charge in [0.15, 0.2) is 5.82 Å². The van der Waals surface area contributed by atoms with Gasteiger partial charge in [-0.1, -0.05) is 5.16 Å². The molecule has 0 saturated carbocycles. The predicted octanol–water partition coefficient (Wildman–Crippen LogP) is 1.56. The van der Waals surface area contributed by atoms with Crippen LogP contribution in [0.15, 0.2) is 4.52 Å². The Morgan fingerprint density at radius 3 is 2.83 bits per heavy atom. The minimum Gasteiger partial charge on any atom is -0.381 e. The Morgan fingerprint density at radius 1 is 1.28 bits per heavy atom. The molecule has 3 rings (SSSR count). The first-order valence-electron chi connectivity index (χ1n) is 6.18. The number of thioether (sulfide) groups is 2. The Balaban J connectivity index is 1.75. The Labute approximate surface area is 115 Å². The Morgan fingerprint density at radius 2 is 2.11 bits per heavy atom. The second kappa shape index (κ2) is 5.40. The van der Waals surface area contributed by atoms with Crippen molar-refractivity contribution in [2.75, 3.05) is 30.5 Å². The number of hydrogen-bond donors (Lipinski definition) is 1. The summed E-state index contributed by atoms with van der Waals surface area (Å²) in [7, 11) is 0. The lowest BCUT2D eigenvalue weighted by Crippen LogP contribution is -2.42. The number of nitrogens with two attached hydrogens (primary N) is 1. The van der Waals surface area contributed by atoms with Gasteiger partial charge in [-0.25, -0.2) is 0 Å². The molecule has 0 amide bonds. The molecule has 18 heavy (non-hydrogen) atoms. The summed E-state index contributed by atoms with van der Waals surface area (Å²) in [6, 6.07) is 0. The monoisotopic (exact) mass is 287 g/mol. The van der Waals surface area contributed by atoms with Crippen LogP contribution in [-0.2, 0) is 10.3 Å². The van der Waals surface area contributed by atoms with E-state index in [4.69, 9.17) is 15.0 Å². The van der Waals surface area contributed by atoms with Crippen molar-refractivity contribution >= 4 is 23.5 Å². The fourth-order valence-electron chi connectivity index (χ4n) is 2.15. The smallest absolute Gasteiger partial charge is 0.246 e. The zero-order chi connectivity index (χ0) is 12.4. The highest BCUT2D eigenvalue weighted by Crippen LogP contribution is 2.36. The van der Waals surface area contributed by atoms with E-state index in [0.717, 1.165) is 30.2 Å². The number of hydrogen-bond acceptors (Lipinski definition) is 7. The lowest BCUT2D eigenvalue weighted by molar-refractivity contribution is 0.0400. The van der Waals surface area contributed by atoms with E-state index in [0.29, 0.717) is 24.4 Å². The summed E-state index contributed by atoms with van der Waals surface area (Å²) >= 11 is 3.85. The summed E-state index contributed by atoms with van der Waals surface area (Å²) in [5.41, 5.74) is 5.84. The first-order valence-corrected chi connectivity index (χ1v) is 8.38. The molecule has 1 aromatic rings. The lowest BCUT2D eigenvalue weighted by Gasteiger charge is -2.29. The zero-order valence-corrected chi connectivity index (χ0v) is 11.8. The fourth-order valence-corrected chi connectivity index (χ4v) is 4.74. The molecule has 100 valence electrons. The molecule has 2 fully saturated rings. The van der Waals surface area contributed by atoms with Gasteiger partial charge in [-0.2, -0.15) is 16.7 Å². The molecule has 2 aliphatic rings. The normalized spacial score (nSPS) is 28.2. The average Bonchev–Trinajstić information content (AvgIpc) is 2.91. The predicted molar refractivity (Wildman–Crippen MR) is 72.7 cm³/mol. The van der Waals surface area contributed by atoms with E-state index in [1.54, 1.807) is 0 Å². The molecule has 5 nitrogen and oxygen atoms in total. The van der Waals surface area contributed by atoms with Crippen LogP contribution in [0.25, 0.3) is 0 Å². The van der Waals surface area contributed by atoms with Crippen LogP contribution in [0.1, 0.15) is 29.8 Å². The number of ether oxygens (including phenoxy) is 1. The molecule has 0 spiro atoms. The van der Waals surface area contributed by atoms with Crippen molar-refractivity contribution in [3.63, 3.8) is 0 Å². The minimum atomic E-state index is -0.490. The highest BCUT2D eigenvalue weighted by Gasteiger charge is 2.36. The summed E-state index contributed by atoms with van der Waals surface area (Å²) in [4.78, 5) is 4.54. The summed E-state index contributed by atoms with van der Waals surface area (Å²) in [5.74, 6) is 4.81. The molecule has 1 atom stereocenters. The maximum atomic E-state index is 6.33. The molecule has 7 heteroatoms. The molecule has 1 aromatic heterocycles. The minimum absolute atomic E-state index is 0.352. The largest absolute Gasteiger partial charge is 0.381 e. The highest BCUT2D eigenvalue weighted by molar-refractivity contribution is 8.06. The van der Waals surface area contributed by atoms with Crippen molar-refractivity contribution in [1.29, 1.82) is 0 Å². The summed E-state index contributed by atoms with van der Waals surface area (Å²) in [5, 5.41) is 4.47. The van der Waals surface area contributed by atoms with Crippen LogP contribution in [0, 0.1) is 0 Å². The van der Waals surface area contributed by atoms with Gasteiger partial charge in [0.1, 0.15) is 5.54 Å². The van der Waals surface area contributed by atoms with E-state index < -0.39 is 5.54 Å². The molecule has 2 N–H and O–H groups in total. The van der Waals surface area contributed by atoms with Crippen molar-refractivity contribution in [1.82, 2.24) is 10.1 Å². The van der Waals surface area contributed by atoms with Crippen LogP contribution < -0.4 is 5.73 Å². The standard InChI is InChI=1S/C11H17N3O2S2/c12-11(1-3-15-4-2-11)10-13-9(14-16-10)8-7-17-5-6-18-8/h8H,1-7,12H2. The van der Waals surface area contributed by atoms with E-state index in [1.165, 1.54) is 5.75 Å². The average molecular weight is 287 g/mol. The Hall–Kier alpha value is -0.240. The van der Waals surface area contributed by atoms with E-state index in [-0.39, 0.29) is 0 Å². The second-order valence-electron chi connectivity index (χ2n) is 4.66. The van der Waals surface area contributed by atoms with E-state index >= 15 is 0 Å². The fraction of sp³-hybridized carbons (Fsp3) is 0.818. The third kappa shape index (κ3) is 2.54. The Bertz CT molecular complexity index is 401. The second-order valence-corrected chi connectivity index (χ2v) is 7.12. The summed E-state index contributed by atoms with van der Waals surface area (Å²) in [6.07, 6.45) is 1.50. The summed E-state index contributed by atoms with van der Waals surface area (Å²) in [6.45, 7) is 1.34. The van der Waals surface area contributed by atoms with Crippen molar-refractivity contribution in [2.24, 2.45) is 5.73 Å². The molecule has 0 radical (unpaired) electrons. The van der Waals surface area contributed by atoms with Crippen LogP contribution >= 0.6 is 23.5 Å². The van der Waals surface area contributed by atoms with Gasteiger partial charge in [-0.05, 0) is 12.8 Å². The van der Waals surface area contributed by atoms with Crippen LogP contribution in [0.2, 0.25) is 0 Å². The molecule has 1 unspecified atom stereocenters. The van der Waals surface area contributed by atoms with Crippen LogP contribution in [0.4, 0.5) is 0 Å². The van der Waals surface area contributed by atoms with Gasteiger partial charge < -0.3 is 15.0 Å². The number of aromatic nitrogens is 2. The zero-order valence-electron chi connectivity index (χ0n) is 10.1. The van der Waals surface area contributed by atoms with Gasteiger partial charge in [-0.3, -0.25) is 0 Å². The topological polar surface area (TPSA) is 74.2 Å². The van der Waals surface area contributed by atoms with Gasteiger partial charge >= 0.3 is 0 Å². The van der Waals surface area contributed by atoms with Crippen LogP contribution in [0.3, 0.4) is 0 Å². The molecule has 2 saturated heterocycles. The molecular formula is C11H17N3O2S2. The maximum absolute atomic E-state index is 6.33. The van der Waals surface area contributed by atoms with Crippen molar-refractivity contribution < 1.29 is 9.26 Å². The maximum Gasteiger partial charge on any atom is 0.246 e. The van der Waals surface area contributed by atoms with Crippen molar-refractivity contribution in [3.8, 4) is 0 Å². The third-order valence-corrected chi connectivity index (χ3v) is 6.11. The summed E-state index contributed by atoms with van der Waals surface area (Å²) < 4.78 is 10.7. The first-order chi connectivity index (χ1) is 8.78. The highest BCUT2D eigenvalue weighted by atomic mass is 32.2. The molecule has 0 bridgehead atoms. The van der Waals surface area contributed by atoms with E-state index in [1.807, 2.05) is 23.5 Å². The lowest BCUT2D eigenvalue weighted by atomic mass is 9.91. The van der Waals surface area contributed by atoms with Gasteiger partial charge in [0, 0.05) is 30.5 Å². The van der Waals surface area contributed by atoms with Gasteiger partial charge in [0.25, 0.3) is 0 Å².